The Hall–Kier alpha value is -0.120. The summed E-state index contributed by atoms with van der Waals surface area (Å²) in [5.74, 6) is 0. The molecule has 2 saturated heterocycles. The summed E-state index contributed by atoms with van der Waals surface area (Å²) in [5, 5.41) is 3.69. The predicted octanol–water partition coefficient (Wildman–Crippen LogP) is 0.600. The van der Waals surface area contributed by atoms with Crippen LogP contribution < -0.4 is 5.32 Å². The van der Waals surface area contributed by atoms with Gasteiger partial charge in [-0.05, 0) is 26.2 Å². The predicted molar refractivity (Wildman–Crippen MR) is 55.3 cm³/mol. The second-order valence-corrected chi connectivity index (χ2v) is 5.11. The first-order chi connectivity index (χ1) is 6.83. The fourth-order valence-corrected chi connectivity index (χ4v) is 2.76. The molecule has 2 atom stereocenters. The van der Waals surface area contributed by atoms with Gasteiger partial charge in [0.05, 0.1) is 19.3 Å². The second kappa shape index (κ2) is 3.47. The molecule has 2 unspecified atom stereocenters. The highest BCUT2D eigenvalue weighted by Gasteiger charge is 2.39. The maximum absolute atomic E-state index is 5.18. The van der Waals surface area contributed by atoms with Gasteiger partial charge in [0, 0.05) is 24.7 Å². The van der Waals surface area contributed by atoms with E-state index < -0.39 is 0 Å². The molecule has 80 valence electrons. The van der Waals surface area contributed by atoms with Crippen molar-refractivity contribution in [2.24, 2.45) is 0 Å². The lowest BCUT2D eigenvalue weighted by atomic mass is 10.1. The Morgan fingerprint density at radius 2 is 2.00 bits per heavy atom. The maximum atomic E-state index is 5.18. The molecule has 2 heterocycles. The summed E-state index contributed by atoms with van der Waals surface area (Å²) in [6, 6.07) is 3.08. The molecule has 0 bridgehead atoms. The number of rotatable bonds is 3. The number of nitrogens with zero attached hydrogens (tertiary/aromatic N) is 1. The zero-order valence-corrected chi connectivity index (χ0v) is 8.91. The SMILES string of the molecule is CC1CC(NC2COC2)CN1C1CC1. The van der Waals surface area contributed by atoms with E-state index in [0.717, 1.165) is 31.3 Å². The minimum Gasteiger partial charge on any atom is -0.378 e. The standard InChI is InChI=1S/C11H20N2O/c1-8-4-9(12-10-6-14-7-10)5-13(8)11-2-3-11/h8-12H,2-7H2,1H3. The zero-order valence-electron chi connectivity index (χ0n) is 8.91. The number of nitrogens with one attached hydrogen (secondary N) is 1. The minimum atomic E-state index is 0.645. The average molecular weight is 196 g/mol. The molecule has 0 radical (unpaired) electrons. The first kappa shape index (κ1) is 9.13. The van der Waals surface area contributed by atoms with Gasteiger partial charge in [0.2, 0.25) is 0 Å². The molecule has 0 aromatic carbocycles. The molecule has 3 nitrogen and oxygen atoms in total. The van der Waals surface area contributed by atoms with E-state index in [1.807, 2.05) is 0 Å². The van der Waals surface area contributed by atoms with Crippen molar-refractivity contribution in [3.05, 3.63) is 0 Å². The highest BCUT2D eigenvalue weighted by Crippen LogP contribution is 2.33. The van der Waals surface area contributed by atoms with Gasteiger partial charge in [0.1, 0.15) is 0 Å². The summed E-state index contributed by atoms with van der Waals surface area (Å²) < 4.78 is 5.18. The molecule has 3 fully saturated rings. The Balaban J connectivity index is 1.51. The van der Waals surface area contributed by atoms with Crippen LogP contribution in [0.25, 0.3) is 0 Å². The quantitative estimate of drug-likeness (QED) is 0.715. The third-order valence-electron chi connectivity index (χ3n) is 3.75. The van der Waals surface area contributed by atoms with Crippen molar-refractivity contribution >= 4 is 0 Å². The summed E-state index contributed by atoms with van der Waals surface area (Å²) in [4.78, 5) is 2.69. The Labute approximate surface area is 85.8 Å². The summed E-state index contributed by atoms with van der Waals surface area (Å²) in [6.07, 6.45) is 4.19. The molecule has 3 heteroatoms. The van der Waals surface area contributed by atoms with Crippen LogP contribution in [0, 0.1) is 0 Å². The lowest BCUT2D eigenvalue weighted by Crippen LogP contribution is -2.51. The Bertz CT molecular complexity index is 213. The van der Waals surface area contributed by atoms with Crippen molar-refractivity contribution in [3.63, 3.8) is 0 Å². The van der Waals surface area contributed by atoms with Crippen LogP contribution in [-0.2, 0) is 4.74 Å². The number of hydrogen-bond donors (Lipinski definition) is 1. The van der Waals surface area contributed by atoms with Gasteiger partial charge in [-0.25, -0.2) is 0 Å². The molecule has 0 amide bonds. The molecule has 2 aliphatic heterocycles. The van der Waals surface area contributed by atoms with E-state index in [2.05, 4.69) is 17.1 Å². The summed E-state index contributed by atoms with van der Waals surface area (Å²) in [7, 11) is 0. The highest BCUT2D eigenvalue weighted by molar-refractivity contribution is 4.97. The van der Waals surface area contributed by atoms with Crippen molar-refractivity contribution < 1.29 is 4.74 Å². The van der Waals surface area contributed by atoms with Gasteiger partial charge in [-0.15, -0.1) is 0 Å². The molecular weight excluding hydrogens is 176 g/mol. The van der Waals surface area contributed by atoms with Crippen LogP contribution in [0.5, 0.6) is 0 Å². The van der Waals surface area contributed by atoms with Crippen molar-refractivity contribution in [1.82, 2.24) is 10.2 Å². The van der Waals surface area contributed by atoms with Gasteiger partial charge in [-0.1, -0.05) is 0 Å². The summed E-state index contributed by atoms with van der Waals surface area (Å²) in [5.41, 5.74) is 0. The van der Waals surface area contributed by atoms with E-state index in [1.54, 1.807) is 0 Å². The van der Waals surface area contributed by atoms with Crippen LogP contribution >= 0.6 is 0 Å². The van der Waals surface area contributed by atoms with E-state index in [0.29, 0.717) is 6.04 Å². The molecule has 0 aromatic heterocycles. The van der Waals surface area contributed by atoms with Crippen molar-refractivity contribution in [1.29, 1.82) is 0 Å². The zero-order chi connectivity index (χ0) is 9.54. The van der Waals surface area contributed by atoms with E-state index in [4.69, 9.17) is 4.74 Å². The average Bonchev–Trinajstić information content (AvgIpc) is 2.85. The number of hydrogen-bond acceptors (Lipinski definition) is 3. The molecule has 1 aliphatic carbocycles. The van der Waals surface area contributed by atoms with Crippen molar-refractivity contribution in [2.45, 2.75) is 50.4 Å². The molecule has 1 saturated carbocycles. The monoisotopic (exact) mass is 196 g/mol. The molecule has 0 aromatic rings. The van der Waals surface area contributed by atoms with Crippen LogP contribution in [-0.4, -0.2) is 48.8 Å². The largest absolute Gasteiger partial charge is 0.378 e. The lowest BCUT2D eigenvalue weighted by molar-refractivity contribution is -0.00952. The third kappa shape index (κ3) is 1.69. The van der Waals surface area contributed by atoms with Crippen LogP contribution in [0.15, 0.2) is 0 Å². The number of ether oxygens (including phenoxy) is 1. The van der Waals surface area contributed by atoms with Gasteiger partial charge in [0.15, 0.2) is 0 Å². The van der Waals surface area contributed by atoms with E-state index in [9.17, 15) is 0 Å². The molecule has 3 rings (SSSR count). The van der Waals surface area contributed by atoms with Crippen LogP contribution in [0.4, 0.5) is 0 Å². The van der Waals surface area contributed by atoms with Gasteiger partial charge in [0.25, 0.3) is 0 Å². The van der Waals surface area contributed by atoms with Gasteiger partial charge in [-0.3, -0.25) is 4.90 Å². The van der Waals surface area contributed by atoms with Gasteiger partial charge >= 0.3 is 0 Å². The topological polar surface area (TPSA) is 24.5 Å². The first-order valence-corrected chi connectivity index (χ1v) is 5.92. The fourth-order valence-electron chi connectivity index (χ4n) is 2.76. The Morgan fingerprint density at radius 3 is 2.57 bits per heavy atom. The third-order valence-corrected chi connectivity index (χ3v) is 3.75. The smallest absolute Gasteiger partial charge is 0.0643 e. The van der Waals surface area contributed by atoms with E-state index in [1.165, 1.54) is 25.8 Å². The number of likely N-dealkylation sites (tertiary alicyclic amines) is 1. The Morgan fingerprint density at radius 1 is 1.21 bits per heavy atom. The minimum absolute atomic E-state index is 0.645. The highest BCUT2D eigenvalue weighted by atomic mass is 16.5. The van der Waals surface area contributed by atoms with Crippen LogP contribution in [0.3, 0.4) is 0 Å². The van der Waals surface area contributed by atoms with Gasteiger partial charge in [-0.2, -0.15) is 0 Å². The van der Waals surface area contributed by atoms with Crippen molar-refractivity contribution in [2.75, 3.05) is 19.8 Å². The maximum Gasteiger partial charge on any atom is 0.0643 e. The fraction of sp³-hybridized carbons (Fsp3) is 1.00. The summed E-state index contributed by atoms with van der Waals surface area (Å²) >= 11 is 0. The normalized spacial score (nSPS) is 40.1. The van der Waals surface area contributed by atoms with Crippen molar-refractivity contribution in [3.8, 4) is 0 Å². The van der Waals surface area contributed by atoms with Crippen LogP contribution in [0.1, 0.15) is 26.2 Å². The second-order valence-electron chi connectivity index (χ2n) is 5.11. The van der Waals surface area contributed by atoms with Crippen LogP contribution in [0.2, 0.25) is 0 Å². The molecule has 1 N–H and O–H groups in total. The molecule has 0 spiro atoms. The molecule has 3 aliphatic rings. The molecular formula is C11H20N2O. The van der Waals surface area contributed by atoms with E-state index >= 15 is 0 Å². The lowest BCUT2D eigenvalue weighted by Gasteiger charge is -2.30. The van der Waals surface area contributed by atoms with E-state index in [-0.39, 0.29) is 0 Å². The Kier molecular flexibility index (Phi) is 2.26. The van der Waals surface area contributed by atoms with Gasteiger partial charge < -0.3 is 10.1 Å². The summed E-state index contributed by atoms with van der Waals surface area (Å²) in [6.45, 7) is 5.49. The first-order valence-electron chi connectivity index (χ1n) is 5.92. The molecule has 14 heavy (non-hydrogen) atoms.